The van der Waals surface area contributed by atoms with E-state index in [1.54, 1.807) is 0 Å². The van der Waals surface area contributed by atoms with Gasteiger partial charge in [0.25, 0.3) is 0 Å². The van der Waals surface area contributed by atoms with E-state index in [0.29, 0.717) is 37.3 Å². The molecule has 0 radical (unpaired) electrons. The SMILES string of the molecule is OC[C@@H]1C[N-]C2CCCC[C@H]2[N-]CC[N-]C2CCCC[C@H]2[N-]CC[N-]1.[Cl][Mn][Cl]. The van der Waals surface area contributed by atoms with Crippen LogP contribution in [0.25, 0.3) is 26.6 Å². The molecule has 0 bridgehead atoms. The molecule has 167 valence electrons. The van der Waals surface area contributed by atoms with Crippen molar-refractivity contribution in [2.24, 2.45) is 0 Å². The van der Waals surface area contributed by atoms with Crippen LogP contribution in [0.1, 0.15) is 51.4 Å². The van der Waals surface area contributed by atoms with Crippen LogP contribution in [0, 0.1) is 0 Å². The van der Waals surface area contributed by atoms with Gasteiger partial charge >= 0.3 is 33.3 Å². The molecule has 3 rings (SSSR count). The molecule has 2 unspecified atom stereocenters. The summed E-state index contributed by atoms with van der Waals surface area (Å²) in [6, 6.07) is 1.34. The van der Waals surface area contributed by atoms with E-state index in [0.717, 1.165) is 38.9 Å². The van der Waals surface area contributed by atoms with E-state index >= 15 is 0 Å². The van der Waals surface area contributed by atoms with Crippen LogP contribution < -0.4 is 0 Å². The fraction of sp³-hybridized carbons (Fsp3) is 1.00. The fourth-order valence-electron chi connectivity index (χ4n) is 4.38. The number of hydrogen-bond donors (Lipinski definition) is 1. The van der Waals surface area contributed by atoms with Crippen molar-refractivity contribution >= 4 is 20.2 Å². The Morgan fingerprint density at radius 3 is 1.39 bits per heavy atom. The van der Waals surface area contributed by atoms with Gasteiger partial charge in [0.1, 0.15) is 0 Å². The van der Waals surface area contributed by atoms with Crippen LogP contribution in [0.2, 0.25) is 0 Å². The second kappa shape index (κ2) is 15.6. The zero-order valence-electron chi connectivity index (χ0n) is 16.6. The van der Waals surface area contributed by atoms with Gasteiger partial charge in [-0.2, -0.15) is 56.9 Å². The van der Waals surface area contributed by atoms with E-state index in [4.69, 9.17) is 41.5 Å². The Labute approximate surface area is 185 Å². The first-order chi connectivity index (χ1) is 13.8. The van der Waals surface area contributed by atoms with E-state index in [2.05, 4.69) is 5.32 Å². The molecule has 3 fully saturated rings. The first kappa shape index (κ1) is 25.1. The summed E-state index contributed by atoms with van der Waals surface area (Å²) in [5.41, 5.74) is 0. The minimum absolute atomic E-state index is 0.00694. The monoisotopic (exact) mass is 473 g/mol. The average molecular weight is 474 g/mol. The van der Waals surface area contributed by atoms with Crippen LogP contribution in [-0.2, 0) is 13.1 Å². The van der Waals surface area contributed by atoms with Gasteiger partial charge in [0.2, 0.25) is 0 Å². The Bertz CT molecular complexity index is 399. The van der Waals surface area contributed by atoms with Crippen LogP contribution in [0.3, 0.4) is 0 Å². The van der Waals surface area contributed by atoms with Crippen molar-refractivity contribution in [3.8, 4) is 0 Å². The maximum atomic E-state index is 9.60. The van der Waals surface area contributed by atoms with Crippen molar-refractivity contribution < 1.29 is 18.2 Å². The van der Waals surface area contributed by atoms with Gasteiger partial charge in [-0.15, -0.1) is 6.04 Å². The zero-order chi connectivity index (χ0) is 20.0. The van der Waals surface area contributed by atoms with Gasteiger partial charge in [-0.3, -0.25) is 0 Å². The van der Waals surface area contributed by atoms with E-state index in [1.807, 2.05) is 0 Å². The van der Waals surface area contributed by atoms with E-state index in [1.165, 1.54) is 32.1 Å². The second-order valence-corrected chi connectivity index (χ2v) is 9.67. The first-order valence-corrected chi connectivity index (χ1v) is 13.8. The molecular weight excluding hydrogens is 440 g/mol. The number of rotatable bonds is 1. The Hall–Kier alpha value is 0.859. The molecule has 0 amide bonds. The Morgan fingerprint density at radius 2 is 1.00 bits per heavy atom. The predicted octanol–water partition coefficient (Wildman–Crippen LogP) is 5.23. The summed E-state index contributed by atoms with van der Waals surface area (Å²) < 4.78 is 0. The molecule has 9 heteroatoms. The Morgan fingerprint density at radius 1 is 0.643 bits per heavy atom. The first-order valence-electron chi connectivity index (χ1n) is 10.6. The summed E-state index contributed by atoms with van der Waals surface area (Å²) in [7, 11) is 9.59. The molecule has 6 nitrogen and oxygen atoms in total. The molecule has 5 atom stereocenters. The summed E-state index contributed by atoms with van der Waals surface area (Å²) in [5, 5.41) is 33.8. The average Bonchev–Trinajstić information content (AvgIpc) is 2.73. The molecule has 1 aliphatic heterocycles. The zero-order valence-corrected chi connectivity index (χ0v) is 19.3. The van der Waals surface area contributed by atoms with Crippen LogP contribution in [0.5, 0.6) is 0 Å². The summed E-state index contributed by atoms with van der Waals surface area (Å²) in [4.78, 5) is 0. The quantitative estimate of drug-likeness (QED) is 0.518. The molecule has 2 saturated carbocycles. The van der Waals surface area contributed by atoms with Crippen LogP contribution in [-0.4, -0.2) is 74.6 Å². The third-order valence-electron chi connectivity index (χ3n) is 5.83. The van der Waals surface area contributed by atoms with Crippen molar-refractivity contribution in [1.82, 2.24) is 0 Å². The molecule has 0 aromatic carbocycles. The van der Waals surface area contributed by atoms with Gasteiger partial charge in [0, 0.05) is 6.61 Å². The van der Waals surface area contributed by atoms with Crippen molar-refractivity contribution in [3.05, 3.63) is 26.6 Å². The molecular formula is C19H34Cl2MnN5O-5. The number of aliphatic hydroxyl groups excluding tert-OH is 1. The molecule has 1 heterocycles. The van der Waals surface area contributed by atoms with E-state index in [-0.39, 0.29) is 25.8 Å². The van der Waals surface area contributed by atoms with Gasteiger partial charge in [0.15, 0.2) is 0 Å². The summed E-state index contributed by atoms with van der Waals surface area (Å²) >= 11 is 0.00694. The van der Waals surface area contributed by atoms with E-state index < -0.39 is 0 Å². The predicted molar refractivity (Wildman–Crippen MR) is 116 cm³/mol. The van der Waals surface area contributed by atoms with Gasteiger partial charge in [0.05, 0.1) is 0 Å². The van der Waals surface area contributed by atoms with Crippen molar-refractivity contribution in [2.75, 3.05) is 39.3 Å². The normalized spacial score (nSPS) is 35.9. The molecule has 28 heavy (non-hydrogen) atoms. The minimum atomic E-state index is -0.0743. The Kier molecular flexibility index (Phi) is 14.0. The van der Waals surface area contributed by atoms with Crippen LogP contribution >= 0.6 is 20.2 Å². The molecule has 2 aliphatic carbocycles. The molecule has 3 aliphatic rings. The summed E-state index contributed by atoms with van der Waals surface area (Å²) in [6.07, 6.45) is 9.66. The van der Waals surface area contributed by atoms with Gasteiger partial charge in [-0.05, 0) is 0 Å². The summed E-state index contributed by atoms with van der Waals surface area (Å²) in [5.74, 6) is 0. The van der Waals surface area contributed by atoms with Crippen LogP contribution in [0.4, 0.5) is 0 Å². The molecule has 1 N–H and O–H groups in total. The van der Waals surface area contributed by atoms with Crippen molar-refractivity contribution in [1.29, 1.82) is 0 Å². The molecule has 1 saturated heterocycles. The number of halogens is 2. The fourth-order valence-corrected chi connectivity index (χ4v) is 4.38. The van der Waals surface area contributed by atoms with Crippen LogP contribution in [0.15, 0.2) is 0 Å². The maximum absolute atomic E-state index is 9.60. The number of fused-ring (bicyclic) bond motifs is 2. The van der Waals surface area contributed by atoms with Gasteiger partial charge in [-0.1, -0.05) is 51.4 Å². The second-order valence-electron chi connectivity index (χ2n) is 7.72. The van der Waals surface area contributed by atoms with E-state index in [9.17, 15) is 5.11 Å². The molecule has 0 aromatic rings. The van der Waals surface area contributed by atoms with Crippen molar-refractivity contribution in [3.63, 3.8) is 0 Å². The summed E-state index contributed by atoms with van der Waals surface area (Å²) in [6.45, 7) is 3.83. The standard InChI is InChI=1S/C19H34N5O.2ClH.Mn/c25-14-15-13-24-19-8-4-3-7-18(19)23-12-11-22-17-6-2-1-5-16(17)21-10-9-20-15;;;/h15-19,25H,1-14H2;2*1H;/q-5;;;+2/p-2/t15-,16+,17?,18+,19?;;;/m0.../s1. The number of aliphatic hydroxyl groups is 1. The van der Waals surface area contributed by atoms with Gasteiger partial charge < -0.3 is 31.7 Å². The number of nitrogens with zero attached hydrogens (tertiary/aromatic N) is 5. The Balaban J connectivity index is 0.000000878. The third-order valence-corrected chi connectivity index (χ3v) is 5.83. The molecule has 0 spiro atoms. The third kappa shape index (κ3) is 9.34. The van der Waals surface area contributed by atoms with Gasteiger partial charge in [-0.25, -0.2) is 0 Å². The number of hydrogen-bond acceptors (Lipinski definition) is 1. The van der Waals surface area contributed by atoms with Crippen molar-refractivity contribution in [2.45, 2.75) is 81.6 Å². The molecule has 0 aromatic heterocycles. The topological polar surface area (TPSA) is 90.7 Å².